The average Bonchev–Trinajstić information content (AvgIpc) is 2.76. The zero-order valence-corrected chi connectivity index (χ0v) is 12.9. The first kappa shape index (κ1) is 15.2. The first-order valence-electron chi connectivity index (χ1n) is 6.39. The van der Waals surface area contributed by atoms with Crippen LogP contribution in [0.15, 0.2) is 10.9 Å². The number of halogens is 1. The molecule has 0 radical (unpaired) electrons. The van der Waals surface area contributed by atoms with Gasteiger partial charge in [0.05, 0.1) is 5.69 Å². The van der Waals surface area contributed by atoms with Crippen molar-refractivity contribution in [1.29, 1.82) is 0 Å². The zero-order chi connectivity index (χ0) is 15.7. The fourth-order valence-electron chi connectivity index (χ4n) is 1.71. The number of nitrogens with one attached hydrogen (secondary N) is 2. The number of nitrogens with zero attached hydrogens (tertiary/aromatic N) is 3. The molecule has 2 heterocycles. The van der Waals surface area contributed by atoms with Crippen molar-refractivity contribution < 1.29 is 4.79 Å². The summed E-state index contributed by atoms with van der Waals surface area (Å²) in [6, 6.07) is 1.67. The number of aromatic amines is 1. The molecular weight excluding hydrogens is 294 g/mol. The number of rotatable bonds is 3. The average molecular weight is 310 g/mol. The normalized spacial score (nSPS) is 12.2. The molecule has 7 nitrogen and oxygen atoms in total. The molecule has 2 N–H and O–H groups in total. The van der Waals surface area contributed by atoms with Crippen molar-refractivity contribution in [3.8, 4) is 5.95 Å². The molecule has 0 aromatic carbocycles. The molecule has 0 aliphatic rings. The lowest BCUT2D eigenvalue weighted by Crippen LogP contribution is -2.24. The third kappa shape index (κ3) is 3.13. The topological polar surface area (TPSA) is 92.7 Å². The van der Waals surface area contributed by atoms with E-state index in [0.29, 0.717) is 22.8 Å². The summed E-state index contributed by atoms with van der Waals surface area (Å²) in [6.07, 6.45) is 0. The summed E-state index contributed by atoms with van der Waals surface area (Å²) in [5, 5.41) is 6.20. The molecule has 0 unspecified atom stereocenters. The highest BCUT2D eigenvalue weighted by atomic mass is 35.5. The second kappa shape index (κ2) is 5.69. The van der Waals surface area contributed by atoms with Gasteiger partial charge in [0.1, 0.15) is 11.2 Å². The van der Waals surface area contributed by atoms with Crippen LogP contribution in [0.5, 0.6) is 0 Å². The summed E-state index contributed by atoms with van der Waals surface area (Å²) in [7, 11) is 0. The molecule has 0 aliphatic heterocycles. The lowest BCUT2D eigenvalue weighted by atomic mass is 10.3. The van der Waals surface area contributed by atoms with Gasteiger partial charge >= 0.3 is 0 Å². The lowest BCUT2D eigenvalue weighted by Gasteiger charge is -2.09. The van der Waals surface area contributed by atoms with Crippen LogP contribution >= 0.6 is 11.6 Å². The Bertz CT molecular complexity index is 748. The first-order chi connectivity index (χ1) is 9.79. The molecule has 21 heavy (non-hydrogen) atoms. The number of carbonyl (C=O) groups is 1. The van der Waals surface area contributed by atoms with Gasteiger partial charge in [-0.3, -0.25) is 14.6 Å². The van der Waals surface area contributed by atoms with Crippen molar-refractivity contribution >= 4 is 23.3 Å². The number of alkyl halides is 1. The van der Waals surface area contributed by atoms with Gasteiger partial charge in [0, 0.05) is 17.3 Å². The van der Waals surface area contributed by atoms with E-state index in [2.05, 4.69) is 20.4 Å². The predicted octanol–water partition coefficient (Wildman–Crippen LogP) is 1.45. The van der Waals surface area contributed by atoms with Crippen molar-refractivity contribution in [2.24, 2.45) is 0 Å². The number of hydrogen-bond acceptors (Lipinski definition) is 4. The maximum Gasteiger partial charge on any atom is 0.255 e. The summed E-state index contributed by atoms with van der Waals surface area (Å²) in [5.74, 6) is 0.286. The third-order valence-corrected chi connectivity index (χ3v) is 3.23. The minimum Gasteiger partial charge on any atom is -0.309 e. The van der Waals surface area contributed by atoms with E-state index in [9.17, 15) is 9.59 Å². The van der Waals surface area contributed by atoms with E-state index in [4.69, 9.17) is 11.6 Å². The Morgan fingerprint density at radius 1 is 1.43 bits per heavy atom. The Labute approximate surface area is 126 Å². The fraction of sp³-hybridized carbons (Fsp3) is 0.385. The number of aromatic nitrogens is 4. The number of carbonyl (C=O) groups excluding carboxylic acids is 1. The van der Waals surface area contributed by atoms with Crippen LogP contribution < -0.4 is 10.9 Å². The van der Waals surface area contributed by atoms with Gasteiger partial charge < -0.3 is 5.32 Å². The summed E-state index contributed by atoms with van der Waals surface area (Å²) in [6.45, 7) is 6.77. The molecule has 2 rings (SSSR count). The Morgan fingerprint density at radius 2 is 2.10 bits per heavy atom. The van der Waals surface area contributed by atoms with Crippen LogP contribution in [0.25, 0.3) is 5.95 Å². The van der Waals surface area contributed by atoms with Crippen molar-refractivity contribution in [1.82, 2.24) is 19.7 Å². The van der Waals surface area contributed by atoms with Crippen molar-refractivity contribution in [3.05, 3.63) is 33.4 Å². The van der Waals surface area contributed by atoms with Crippen molar-refractivity contribution in [2.45, 2.75) is 33.1 Å². The lowest BCUT2D eigenvalue weighted by molar-refractivity contribution is -0.115. The monoisotopic (exact) mass is 309 g/mol. The molecule has 0 spiro atoms. The largest absolute Gasteiger partial charge is 0.309 e. The van der Waals surface area contributed by atoms with Gasteiger partial charge in [-0.05, 0) is 27.7 Å². The molecule has 0 fully saturated rings. The van der Waals surface area contributed by atoms with E-state index in [1.807, 2.05) is 0 Å². The van der Waals surface area contributed by atoms with Gasteiger partial charge in [-0.15, -0.1) is 11.6 Å². The van der Waals surface area contributed by atoms with E-state index in [1.54, 1.807) is 33.8 Å². The van der Waals surface area contributed by atoms with Gasteiger partial charge in [-0.2, -0.15) is 9.78 Å². The Kier molecular flexibility index (Phi) is 4.13. The molecule has 0 saturated carbocycles. The van der Waals surface area contributed by atoms with E-state index >= 15 is 0 Å². The third-order valence-electron chi connectivity index (χ3n) is 3.03. The zero-order valence-electron chi connectivity index (χ0n) is 12.2. The highest BCUT2D eigenvalue weighted by Gasteiger charge is 2.16. The molecule has 2 aromatic rings. The van der Waals surface area contributed by atoms with Crippen molar-refractivity contribution in [2.75, 3.05) is 5.32 Å². The summed E-state index contributed by atoms with van der Waals surface area (Å²) >= 11 is 5.74. The van der Waals surface area contributed by atoms with E-state index in [-0.39, 0.29) is 17.4 Å². The van der Waals surface area contributed by atoms with E-state index < -0.39 is 5.38 Å². The number of H-pyrrole nitrogens is 1. The molecule has 2 aromatic heterocycles. The van der Waals surface area contributed by atoms with Crippen LogP contribution in [-0.2, 0) is 4.79 Å². The van der Waals surface area contributed by atoms with Crippen LogP contribution in [0.4, 0.5) is 5.82 Å². The first-order valence-corrected chi connectivity index (χ1v) is 6.82. The molecule has 1 amide bonds. The van der Waals surface area contributed by atoms with Crippen LogP contribution in [0.1, 0.15) is 23.9 Å². The van der Waals surface area contributed by atoms with Crippen molar-refractivity contribution in [3.63, 3.8) is 0 Å². The van der Waals surface area contributed by atoms with Gasteiger partial charge in [-0.25, -0.2) is 4.98 Å². The van der Waals surface area contributed by atoms with Crippen LogP contribution in [0, 0.1) is 20.8 Å². The van der Waals surface area contributed by atoms with Crippen LogP contribution in [0.3, 0.4) is 0 Å². The Hall–Kier alpha value is -2.15. The highest BCUT2D eigenvalue weighted by Crippen LogP contribution is 2.15. The number of aryl methyl sites for hydroxylation is 2. The quantitative estimate of drug-likeness (QED) is 0.839. The summed E-state index contributed by atoms with van der Waals surface area (Å²) in [4.78, 5) is 30.5. The maximum atomic E-state index is 11.8. The second-order valence-electron chi connectivity index (χ2n) is 4.79. The smallest absolute Gasteiger partial charge is 0.255 e. The molecule has 0 bridgehead atoms. The van der Waals surface area contributed by atoms with Gasteiger partial charge in [0.25, 0.3) is 5.56 Å². The van der Waals surface area contributed by atoms with Crippen LogP contribution in [0.2, 0.25) is 0 Å². The molecule has 0 aliphatic carbocycles. The Morgan fingerprint density at radius 3 is 2.67 bits per heavy atom. The molecule has 1 atom stereocenters. The Balaban J connectivity index is 2.50. The minimum absolute atomic E-state index is 0.242. The second-order valence-corrected chi connectivity index (χ2v) is 5.44. The predicted molar refractivity (Wildman–Crippen MR) is 80.1 cm³/mol. The van der Waals surface area contributed by atoms with Gasteiger partial charge in [0.15, 0.2) is 0 Å². The van der Waals surface area contributed by atoms with E-state index in [1.165, 1.54) is 4.68 Å². The number of amides is 1. The number of anilines is 1. The summed E-state index contributed by atoms with van der Waals surface area (Å²) in [5.41, 5.74) is 1.58. The highest BCUT2D eigenvalue weighted by molar-refractivity contribution is 6.32. The molecule has 8 heteroatoms. The standard InChI is InChI=1S/C13H16ClN5O2/c1-6-5-10(16-12(21)8(3)14)19(18-6)13-15-9(4)7(2)11(20)17-13/h5,8H,1-4H3,(H,16,21)(H,15,17,20)/t8-/m1/s1. The summed E-state index contributed by atoms with van der Waals surface area (Å²) < 4.78 is 1.38. The molecular formula is C13H16ClN5O2. The SMILES string of the molecule is Cc1cc(NC(=O)[C@@H](C)Cl)n(-c2nc(C)c(C)c(=O)[nH]2)n1. The van der Waals surface area contributed by atoms with E-state index in [0.717, 1.165) is 0 Å². The fourth-order valence-corrected chi connectivity index (χ4v) is 1.76. The van der Waals surface area contributed by atoms with Gasteiger partial charge in [0.2, 0.25) is 11.9 Å². The molecule has 0 saturated heterocycles. The molecule has 112 valence electrons. The van der Waals surface area contributed by atoms with Gasteiger partial charge in [-0.1, -0.05) is 0 Å². The maximum absolute atomic E-state index is 11.8. The van der Waals surface area contributed by atoms with Crippen LogP contribution in [-0.4, -0.2) is 31.0 Å². The minimum atomic E-state index is -0.680. The number of hydrogen-bond donors (Lipinski definition) is 2.